The fraction of sp³-hybridized carbons (Fsp3) is 0.0714. The van der Waals surface area contributed by atoms with Gasteiger partial charge in [-0.25, -0.2) is 4.99 Å². The molecule has 1 fully saturated rings. The number of hydrogen-bond acceptors (Lipinski definition) is 7. The Morgan fingerprint density at radius 1 is 1.08 bits per heavy atom. The summed E-state index contributed by atoms with van der Waals surface area (Å²) in [6, 6.07) is 24.5. The molecule has 4 aromatic rings. The number of amidine groups is 1. The normalized spacial score (nSPS) is 15.4. The van der Waals surface area contributed by atoms with E-state index in [9.17, 15) is 14.9 Å². The van der Waals surface area contributed by atoms with Gasteiger partial charge in [-0.1, -0.05) is 41.9 Å². The SMILES string of the molecule is COc1ccc(CN2C(=O)/C(=C/c3ccc(-c4ccc([N+](=O)[O-])cc4Cl)o3)SC2=Nc2ccccc2)cc1. The molecule has 0 aliphatic carbocycles. The van der Waals surface area contributed by atoms with Crippen LogP contribution >= 0.6 is 23.4 Å². The smallest absolute Gasteiger partial charge is 0.270 e. The number of aliphatic imine (C=N–C) groups is 1. The van der Waals surface area contributed by atoms with Gasteiger partial charge in [0.2, 0.25) is 0 Å². The van der Waals surface area contributed by atoms with Gasteiger partial charge in [0.1, 0.15) is 17.3 Å². The van der Waals surface area contributed by atoms with Crippen molar-refractivity contribution in [1.82, 2.24) is 4.90 Å². The highest BCUT2D eigenvalue weighted by Crippen LogP contribution is 2.37. The maximum atomic E-state index is 13.5. The Bertz CT molecular complexity index is 1570. The topological polar surface area (TPSA) is 98.2 Å². The van der Waals surface area contributed by atoms with E-state index < -0.39 is 4.92 Å². The van der Waals surface area contributed by atoms with Gasteiger partial charge in [0.15, 0.2) is 5.17 Å². The predicted octanol–water partition coefficient (Wildman–Crippen LogP) is 7.32. The Hall–Kier alpha value is -4.34. The Morgan fingerprint density at radius 2 is 1.84 bits per heavy atom. The number of nitrogens with zero attached hydrogens (tertiary/aromatic N) is 3. The van der Waals surface area contributed by atoms with Gasteiger partial charge in [0.05, 0.1) is 34.2 Å². The van der Waals surface area contributed by atoms with Crippen molar-refractivity contribution in [3.05, 3.63) is 116 Å². The van der Waals surface area contributed by atoms with Crippen molar-refractivity contribution in [1.29, 1.82) is 0 Å². The number of amides is 1. The van der Waals surface area contributed by atoms with Crippen LogP contribution in [0.15, 0.2) is 99.2 Å². The zero-order valence-electron chi connectivity index (χ0n) is 20.0. The van der Waals surface area contributed by atoms with Crippen LogP contribution in [0.25, 0.3) is 17.4 Å². The number of methoxy groups -OCH3 is 1. The lowest BCUT2D eigenvalue weighted by Gasteiger charge is -2.16. The standard InChI is InChI=1S/C28H20ClN3O5S/c1-36-21-10-7-18(8-11-21)17-31-27(33)26(38-28(31)30-19-5-3-2-4-6-19)16-22-12-14-25(37-22)23-13-9-20(32(34)35)15-24(23)29/h2-16H,17H2,1H3/b26-16-,30-28?. The highest BCUT2D eigenvalue weighted by atomic mass is 35.5. The number of carbonyl (C=O) groups excluding carboxylic acids is 1. The van der Waals surface area contributed by atoms with Crippen LogP contribution in [0.1, 0.15) is 11.3 Å². The Labute approximate surface area is 227 Å². The number of para-hydroxylation sites is 1. The van der Waals surface area contributed by atoms with E-state index in [4.69, 9.17) is 25.7 Å². The molecule has 1 aliphatic heterocycles. The summed E-state index contributed by atoms with van der Waals surface area (Å²) in [6.45, 7) is 0.334. The van der Waals surface area contributed by atoms with Gasteiger partial charge in [-0.2, -0.15) is 0 Å². The molecule has 0 bridgehead atoms. The molecular weight excluding hydrogens is 526 g/mol. The molecule has 0 radical (unpaired) electrons. The van der Waals surface area contributed by atoms with Crippen molar-refractivity contribution in [3.8, 4) is 17.1 Å². The lowest BCUT2D eigenvalue weighted by Crippen LogP contribution is -2.28. The molecule has 0 N–H and O–H groups in total. The number of ether oxygens (including phenoxy) is 1. The zero-order chi connectivity index (χ0) is 26.6. The molecule has 3 aromatic carbocycles. The summed E-state index contributed by atoms with van der Waals surface area (Å²) in [4.78, 5) is 30.8. The number of nitro groups is 1. The number of furan rings is 1. The van der Waals surface area contributed by atoms with E-state index in [1.165, 1.54) is 30.0 Å². The Balaban J connectivity index is 1.44. The highest BCUT2D eigenvalue weighted by molar-refractivity contribution is 8.18. The fourth-order valence-corrected chi connectivity index (χ4v) is 5.02. The van der Waals surface area contributed by atoms with Gasteiger partial charge in [0, 0.05) is 23.8 Å². The van der Waals surface area contributed by atoms with Crippen LogP contribution in [0.5, 0.6) is 5.75 Å². The maximum absolute atomic E-state index is 13.5. The van der Waals surface area contributed by atoms with Gasteiger partial charge >= 0.3 is 0 Å². The van der Waals surface area contributed by atoms with Crippen LogP contribution in [0, 0.1) is 10.1 Å². The minimum atomic E-state index is -0.511. The maximum Gasteiger partial charge on any atom is 0.270 e. The fourth-order valence-electron chi connectivity index (χ4n) is 3.78. The molecule has 0 spiro atoms. The third-order valence-electron chi connectivity index (χ3n) is 5.70. The molecule has 1 saturated heterocycles. The van der Waals surface area contributed by atoms with Crippen LogP contribution in [0.4, 0.5) is 11.4 Å². The summed E-state index contributed by atoms with van der Waals surface area (Å²) < 4.78 is 11.2. The first-order chi connectivity index (χ1) is 18.4. The van der Waals surface area contributed by atoms with E-state index in [2.05, 4.69) is 0 Å². The van der Waals surface area contributed by atoms with Crippen molar-refractivity contribution in [3.63, 3.8) is 0 Å². The first-order valence-electron chi connectivity index (χ1n) is 11.4. The lowest BCUT2D eigenvalue weighted by molar-refractivity contribution is -0.384. The van der Waals surface area contributed by atoms with E-state index >= 15 is 0 Å². The molecule has 1 aliphatic rings. The highest BCUT2D eigenvalue weighted by Gasteiger charge is 2.34. The van der Waals surface area contributed by atoms with Crippen molar-refractivity contribution >= 4 is 51.9 Å². The van der Waals surface area contributed by atoms with Crippen LogP contribution in [-0.2, 0) is 11.3 Å². The average Bonchev–Trinajstić information content (AvgIpc) is 3.50. The van der Waals surface area contributed by atoms with Crippen molar-refractivity contribution < 1.29 is 18.9 Å². The van der Waals surface area contributed by atoms with Crippen molar-refractivity contribution in [2.24, 2.45) is 4.99 Å². The second-order valence-electron chi connectivity index (χ2n) is 8.20. The van der Waals surface area contributed by atoms with Gasteiger partial charge in [-0.05, 0) is 59.8 Å². The number of nitro benzene ring substituents is 1. The zero-order valence-corrected chi connectivity index (χ0v) is 21.6. The quantitative estimate of drug-likeness (QED) is 0.137. The largest absolute Gasteiger partial charge is 0.497 e. The van der Waals surface area contributed by atoms with Crippen molar-refractivity contribution in [2.45, 2.75) is 6.54 Å². The van der Waals surface area contributed by atoms with Gasteiger partial charge < -0.3 is 9.15 Å². The number of carbonyl (C=O) groups is 1. The van der Waals surface area contributed by atoms with E-state index in [1.807, 2.05) is 54.6 Å². The van der Waals surface area contributed by atoms with E-state index in [0.29, 0.717) is 33.7 Å². The average molecular weight is 546 g/mol. The predicted molar refractivity (Wildman–Crippen MR) is 148 cm³/mol. The first kappa shape index (κ1) is 25.3. The van der Waals surface area contributed by atoms with Crippen molar-refractivity contribution in [2.75, 3.05) is 7.11 Å². The second-order valence-corrected chi connectivity index (χ2v) is 9.62. The van der Waals surface area contributed by atoms with E-state index in [1.54, 1.807) is 30.2 Å². The molecule has 0 saturated carbocycles. The summed E-state index contributed by atoms with van der Waals surface area (Å²) in [5, 5.41) is 11.7. The van der Waals surface area contributed by atoms with Gasteiger partial charge in [-0.3, -0.25) is 19.8 Å². The molecule has 0 atom stereocenters. The molecule has 5 rings (SSSR count). The Kier molecular flexibility index (Phi) is 7.30. The minimum absolute atomic E-state index is 0.109. The number of non-ortho nitro benzene ring substituents is 1. The first-order valence-corrected chi connectivity index (χ1v) is 12.6. The van der Waals surface area contributed by atoms with E-state index in [-0.39, 0.29) is 16.6 Å². The minimum Gasteiger partial charge on any atom is -0.497 e. The summed E-state index contributed by atoms with van der Waals surface area (Å²) >= 11 is 7.51. The molecule has 8 nitrogen and oxygen atoms in total. The van der Waals surface area contributed by atoms with Crippen LogP contribution < -0.4 is 4.74 Å². The number of thioether (sulfide) groups is 1. The molecule has 2 heterocycles. The summed E-state index contributed by atoms with van der Waals surface area (Å²) in [7, 11) is 1.60. The van der Waals surface area contributed by atoms with Gasteiger partial charge in [0.25, 0.3) is 11.6 Å². The molecular formula is C28H20ClN3O5S. The lowest BCUT2D eigenvalue weighted by atomic mass is 10.1. The molecule has 190 valence electrons. The number of hydrogen-bond donors (Lipinski definition) is 0. The summed E-state index contributed by atoms with van der Waals surface area (Å²) in [6.07, 6.45) is 1.66. The third-order valence-corrected chi connectivity index (χ3v) is 7.02. The molecule has 38 heavy (non-hydrogen) atoms. The Morgan fingerprint density at radius 3 is 2.53 bits per heavy atom. The molecule has 0 unspecified atom stereocenters. The van der Waals surface area contributed by atoms with Gasteiger partial charge in [-0.15, -0.1) is 0 Å². The van der Waals surface area contributed by atoms with Crippen LogP contribution in [-0.4, -0.2) is 28.0 Å². The molecule has 1 amide bonds. The van der Waals surface area contributed by atoms with Crippen LogP contribution in [0.2, 0.25) is 5.02 Å². The third kappa shape index (κ3) is 5.49. The summed E-state index contributed by atoms with van der Waals surface area (Å²) in [5.41, 5.74) is 2.06. The van der Waals surface area contributed by atoms with Crippen LogP contribution in [0.3, 0.4) is 0 Å². The van der Waals surface area contributed by atoms with E-state index in [0.717, 1.165) is 17.0 Å². The second kappa shape index (κ2) is 11.0. The molecule has 10 heteroatoms. The number of rotatable bonds is 7. The monoisotopic (exact) mass is 545 g/mol. The number of benzene rings is 3. The molecule has 1 aromatic heterocycles. The summed E-state index contributed by atoms with van der Waals surface area (Å²) in [5.74, 6) is 1.40. The number of halogens is 1.